The first-order valence-corrected chi connectivity index (χ1v) is 10.2. The van der Waals surface area contributed by atoms with E-state index in [2.05, 4.69) is 15.9 Å². The first kappa shape index (κ1) is 16.5. The zero-order valence-electron chi connectivity index (χ0n) is 15.5. The van der Waals surface area contributed by atoms with Gasteiger partial charge < -0.3 is 9.32 Å². The Hall–Kier alpha value is -1.65. The van der Waals surface area contributed by atoms with Gasteiger partial charge in [-0.05, 0) is 49.1 Å². The highest BCUT2D eigenvalue weighted by Gasteiger charge is 2.30. The van der Waals surface area contributed by atoms with Crippen molar-refractivity contribution < 1.29 is 4.42 Å². The smallest absolute Gasteiger partial charge is 0.341 e. The minimum absolute atomic E-state index is 0.143. The van der Waals surface area contributed by atoms with Gasteiger partial charge in [0.15, 0.2) is 0 Å². The van der Waals surface area contributed by atoms with Gasteiger partial charge in [0.05, 0.1) is 5.56 Å². The van der Waals surface area contributed by atoms with E-state index in [4.69, 9.17) is 4.42 Å². The number of piperidine rings is 1. The molecule has 1 aromatic heterocycles. The molecule has 1 aromatic carbocycles. The fourth-order valence-corrected chi connectivity index (χ4v) is 5.47. The van der Waals surface area contributed by atoms with Crippen molar-refractivity contribution in [2.75, 3.05) is 32.7 Å². The van der Waals surface area contributed by atoms with Crippen molar-refractivity contribution in [2.45, 2.75) is 38.6 Å². The summed E-state index contributed by atoms with van der Waals surface area (Å²) >= 11 is 0. The molecule has 0 amide bonds. The first-order chi connectivity index (χ1) is 12.8. The van der Waals surface area contributed by atoms with Crippen LogP contribution in [0.5, 0.6) is 0 Å². The summed E-state index contributed by atoms with van der Waals surface area (Å²) in [6.07, 6.45) is 6.71. The van der Waals surface area contributed by atoms with Crippen LogP contribution in [0.2, 0.25) is 0 Å². The summed E-state index contributed by atoms with van der Waals surface area (Å²) in [6.45, 7) is 6.55. The van der Waals surface area contributed by atoms with E-state index in [-0.39, 0.29) is 5.63 Å². The minimum Gasteiger partial charge on any atom is -0.422 e. The molecule has 1 aliphatic carbocycles. The monoisotopic (exact) mass is 352 g/mol. The zero-order chi connectivity index (χ0) is 17.5. The van der Waals surface area contributed by atoms with E-state index >= 15 is 0 Å². The minimum atomic E-state index is -0.143. The van der Waals surface area contributed by atoms with Crippen LogP contribution in [0.1, 0.15) is 36.8 Å². The molecule has 0 radical (unpaired) electrons. The third kappa shape index (κ3) is 3.10. The van der Waals surface area contributed by atoms with Crippen LogP contribution in [0.3, 0.4) is 0 Å². The van der Waals surface area contributed by atoms with Crippen LogP contribution in [0.4, 0.5) is 0 Å². The normalized spacial score (nSPS) is 26.8. The maximum atomic E-state index is 12.5. The number of hydrogen-bond acceptors (Lipinski definition) is 4. The fraction of sp³-hybridized carbons (Fsp3) is 0.591. The summed E-state index contributed by atoms with van der Waals surface area (Å²) in [7, 11) is 0. The molecule has 1 saturated heterocycles. The Balaban J connectivity index is 1.27. The molecule has 2 unspecified atom stereocenters. The van der Waals surface area contributed by atoms with Gasteiger partial charge in [0, 0.05) is 44.7 Å². The average molecular weight is 352 g/mol. The van der Waals surface area contributed by atoms with Crippen molar-refractivity contribution in [3.05, 3.63) is 45.8 Å². The number of rotatable bonds is 3. The summed E-state index contributed by atoms with van der Waals surface area (Å²) in [4.78, 5) is 17.6. The second kappa shape index (κ2) is 6.82. The number of hydrogen-bond donors (Lipinski definition) is 0. The highest BCUT2D eigenvalue weighted by atomic mass is 16.4. The van der Waals surface area contributed by atoms with Crippen molar-refractivity contribution in [1.29, 1.82) is 0 Å². The van der Waals surface area contributed by atoms with Crippen LogP contribution in [0.15, 0.2) is 33.5 Å². The number of likely N-dealkylation sites (tertiary alicyclic amines) is 1. The van der Waals surface area contributed by atoms with Gasteiger partial charge in [-0.15, -0.1) is 0 Å². The van der Waals surface area contributed by atoms with Gasteiger partial charge in [0.2, 0.25) is 0 Å². The van der Waals surface area contributed by atoms with Crippen LogP contribution in [-0.2, 0) is 13.0 Å². The van der Waals surface area contributed by atoms with Gasteiger partial charge in [0.25, 0.3) is 0 Å². The van der Waals surface area contributed by atoms with Crippen LogP contribution in [0.25, 0.3) is 11.0 Å². The Morgan fingerprint density at radius 1 is 1.00 bits per heavy atom. The average Bonchev–Trinajstić information content (AvgIpc) is 2.66. The molecule has 2 aliphatic heterocycles. The third-order valence-electron chi connectivity index (χ3n) is 6.74. The number of fused-ring (bicyclic) bond motifs is 5. The second-order valence-electron chi connectivity index (χ2n) is 8.53. The molecular formula is C22H28N2O2. The Morgan fingerprint density at radius 3 is 2.62 bits per heavy atom. The lowest BCUT2D eigenvalue weighted by Gasteiger charge is -2.42. The predicted molar refractivity (Wildman–Crippen MR) is 103 cm³/mol. The summed E-state index contributed by atoms with van der Waals surface area (Å²) in [5, 5.41) is 1.12. The number of para-hydroxylation sites is 1. The predicted octanol–water partition coefficient (Wildman–Crippen LogP) is 3.27. The molecule has 2 aromatic rings. The Bertz CT molecular complexity index is 847. The summed E-state index contributed by atoms with van der Waals surface area (Å²) in [5.74, 6) is 1.87. The summed E-state index contributed by atoms with van der Waals surface area (Å²) in [5.41, 5.74) is 2.67. The zero-order valence-corrected chi connectivity index (χ0v) is 15.5. The Labute approximate surface area is 154 Å². The van der Waals surface area contributed by atoms with E-state index in [0.29, 0.717) is 0 Å². The highest BCUT2D eigenvalue weighted by Crippen LogP contribution is 2.34. The molecule has 2 fully saturated rings. The summed E-state index contributed by atoms with van der Waals surface area (Å²) in [6, 6.07) is 7.94. The molecule has 1 saturated carbocycles. The van der Waals surface area contributed by atoms with Crippen LogP contribution in [0, 0.1) is 11.8 Å². The molecule has 2 atom stereocenters. The standard InChI is InChI=1S/C22H28N2O2/c25-22-20-15-23(9-8-18(20)19-6-1-2-7-21(19)26-22)10-11-24-13-16-4-3-5-17(12-16)14-24/h1-2,6-7,16-17H,3-5,8-15H2. The molecule has 4 heteroatoms. The molecule has 26 heavy (non-hydrogen) atoms. The largest absolute Gasteiger partial charge is 0.422 e. The maximum absolute atomic E-state index is 12.5. The molecular weight excluding hydrogens is 324 g/mol. The number of nitrogens with zero attached hydrogens (tertiary/aromatic N) is 2. The SMILES string of the molecule is O=c1oc2ccccc2c2c1CN(CCN1CC3CCCC(C3)C1)CC2. The number of benzene rings is 1. The lowest BCUT2D eigenvalue weighted by atomic mass is 9.78. The van der Waals surface area contributed by atoms with E-state index in [1.807, 2.05) is 18.2 Å². The van der Waals surface area contributed by atoms with E-state index in [9.17, 15) is 4.79 Å². The lowest BCUT2D eigenvalue weighted by molar-refractivity contribution is 0.0749. The first-order valence-electron chi connectivity index (χ1n) is 10.2. The van der Waals surface area contributed by atoms with Crippen LogP contribution >= 0.6 is 0 Å². The van der Waals surface area contributed by atoms with Gasteiger partial charge in [-0.3, -0.25) is 4.90 Å². The van der Waals surface area contributed by atoms with E-state index in [1.54, 1.807) is 0 Å². The van der Waals surface area contributed by atoms with Crippen molar-refractivity contribution in [1.82, 2.24) is 9.80 Å². The van der Waals surface area contributed by atoms with Crippen LogP contribution < -0.4 is 5.63 Å². The van der Waals surface area contributed by atoms with E-state index in [0.717, 1.165) is 61.0 Å². The topological polar surface area (TPSA) is 36.7 Å². The Kier molecular flexibility index (Phi) is 4.33. The molecule has 5 rings (SSSR count). The van der Waals surface area contributed by atoms with Gasteiger partial charge >= 0.3 is 5.63 Å². The molecule has 3 aliphatic rings. The van der Waals surface area contributed by atoms with Gasteiger partial charge in [-0.1, -0.05) is 24.6 Å². The van der Waals surface area contributed by atoms with Crippen molar-refractivity contribution in [2.24, 2.45) is 11.8 Å². The quantitative estimate of drug-likeness (QED) is 0.795. The van der Waals surface area contributed by atoms with Crippen molar-refractivity contribution >= 4 is 11.0 Å². The molecule has 138 valence electrons. The Morgan fingerprint density at radius 2 is 1.77 bits per heavy atom. The molecule has 0 spiro atoms. The van der Waals surface area contributed by atoms with Crippen LogP contribution in [-0.4, -0.2) is 42.5 Å². The van der Waals surface area contributed by atoms with Gasteiger partial charge in [-0.2, -0.15) is 0 Å². The van der Waals surface area contributed by atoms with Gasteiger partial charge in [-0.25, -0.2) is 4.79 Å². The van der Waals surface area contributed by atoms with Crippen molar-refractivity contribution in [3.8, 4) is 0 Å². The molecule has 0 N–H and O–H groups in total. The van der Waals surface area contributed by atoms with Crippen molar-refractivity contribution in [3.63, 3.8) is 0 Å². The molecule has 4 nitrogen and oxygen atoms in total. The van der Waals surface area contributed by atoms with E-state index in [1.165, 1.54) is 44.3 Å². The fourth-order valence-electron chi connectivity index (χ4n) is 5.47. The lowest BCUT2D eigenvalue weighted by Crippen LogP contribution is -2.46. The second-order valence-corrected chi connectivity index (χ2v) is 8.53. The highest BCUT2D eigenvalue weighted by molar-refractivity contribution is 5.81. The summed E-state index contributed by atoms with van der Waals surface area (Å²) < 4.78 is 5.56. The maximum Gasteiger partial charge on any atom is 0.341 e. The third-order valence-corrected chi connectivity index (χ3v) is 6.74. The molecule has 3 heterocycles. The van der Waals surface area contributed by atoms with Gasteiger partial charge in [0.1, 0.15) is 5.58 Å². The molecule has 2 bridgehead atoms. The van der Waals surface area contributed by atoms with E-state index < -0.39 is 0 Å².